The number of rotatable bonds is 2. The van der Waals surface area contributed by atoms with Crippen molar-refractivity contribution in [3.8, 4) is 0 Å². The molecule has 136 valence electrons. The Kier molecular flexibility index (Phi) is 4.05. The minimum Gasteiger partial charge on any atom is -0.350 e. The molecule has 0 radical (unpaired) electrons. The fourth-order valence-corrected chi connectivity index (χ4v) is 4.04. The molecule has 6 heteroatoms. The van der Waals surface area contributed by atoms with E-state index in [-0.39, 0.29) is 11.9 Å². The third kappa shape index (κ3) is 2.60. The summed E-state index contributed by atoms with van der Waals surface area (Å²) >= 11 is 0. The second-order valence-corrected chi connectivity index (χ2v) is 7.26. The van der Waals surface area contributed by atoms with Crippen LogP contribution in [-0.2, 0) is 0 Å². The number of H-pyrrole nitrogens is 1. The van der Waals surface area contributed by atoms with Crippen LogP contribution >= 0.6 is 0 Å². The summed E-state index contributed by atoms with van der Waals surface area (Å²) < 4.78 is 5.38. The SMILES string of the molecule is Cc1noc(C2CCCCN2C(=O)c2[nH]c3c(C)ccc(C)c3c2C)n1. The van der Waals surface area contributed by atoms with Crippen LogP contribution in [0.2, 0.25) is 0 Å². The van der Waals surface area contributed by atoms with Gasteiger partial charge < -0.3 is 14.4 Å². The molecule has 3 aromatic rings. The molecule has 1 atom stereocenters. The number of fused-ring (bicyclic) bond motifs is 1. The number of hydrogen-bond donors (Lipinski definition) is 1. The van der Waals surface area contributed by atoms with Gasteiger partial charge in [0, 0.05) is 17.4 Å². The van der Waals surface area contributed by atoms with Crippen LogP contribution in [0, 0.1) is 27.7 Å². The lowest BCUT2D eigenvalue weighted by Crippen LogP contribution is -2.39. The Morgan fingerprint density at radius 1 is 1.19 bits per heavy atom. The molecule has 3 heterocycles. The molecule has 0 spiro atoms. The monoisotopic (exact) mass is 352 g/mol. The molecule has 1 aromatic carbocycles. The normalized spacial score (nSPS) is 17.8. The summed E-state index contributed by atoms with van der Waals surface area (Å²) in [6.45, 7) is 8.68. The molecule has 1 fully saturated rings. The number of aromatic nitrogens is 3. The first-order valence-corrected chi connectivity index (χ1v) is 9.17. The van der Waals surface area contributed by atoms with Gasteiger partial charge in [0.25, 0.3) is 5.91 Å². The summed E-state index contributed by atoms with van der Waals surface area (Å²) in [5, 5.41) is 5.05. The maximum Gasteiger partial charge on any atom is 0.271 e. The molecule has 4 rings (SSSR count). The average Bonchev–Trinajstić information content (AvgIpc) is 3.22. The summed E-state index contributed by atoms with van der Waals surface area (Å²) in [6, 6.07) is 4.05. The topological polar surface area (TPSA) is 75.0 Å². The van der Waals surface area contributed by atoms with Crippen molar-refractivity contribution < 1.29 is 9.32 Å². The van der Waals surface area contributed by atoms with Gasteiger partial charge >= 0.3 is 0 Å². The highest BCUT2D eigenvalue weighted by Crippen LogP contribution is 2.34. The van der Waals surface area contributed by atoms with Crippen LogP contribution in [-0.4, -0.2) is 32.5 Å². The second-order valence-electron chi connectivity index (χ2n) is 7.26. The molecule has 26 heavy (non-hydrogen) atoms. The van der Waals surface area contributed by atoms with E-state index in [0.717, 1.165) is 41.3 Å². The standard InChI is InChI=1S/C20H24N4O2/c1-11-8-9-12(2)17-16(11)13(3)18(22-17)20(25)24-10-6-5-7-15(24)19-21-14(4)23-26-19/h8-9,15,22H,5-7,10H2,1-4H3. The summed E-state index contributed by atoms with van der Waals surface area (Å²) in [5.74, 6) is 1.15. The van der Waals surface area contributed by atoms with Gasteiger partial charge in [0.2, 0.25) is 5.89 Å². The van der Waals surface area contributed by atoms with E-state index in [9.17, 15) is 4.79 Å². The summed E-state index contributed by atoms with van der Waals surface area (Å²) in [5.41, 5.74) is 5.06. The Hall–Kier alpha value is -2.63. The summed E-state index contributed by atoms with van der Waals surface area (Å²) in [6.07, 6.45) is 2.90. The number of carbonyl (C=O) groups excluding carboxylic acids is 1. The Bertz CT molecular complexity index is 985. The van der Waals surface area contributed by atoms with Crippen molar-refractivity contribution in [3.63, 3.8) is 0 Å². The summed E-state index contributed by atoms with van der Waals surface area (Å²) in [4.78, 5) is 23.1. The van der Waals surface area contributed by atoms with Crippen molar-refractivity contribution in [2.75, 3.05) is 6.54 Å². The fourth-order valence-electron chi connectivity index (χ4n) is 4.04. The lowest BCUT2D eigenvalue weighted by molar-refractivity contribution is 0.0555. The maximum atomic E-state index is 13.4. The second kappa shape index (κ2) is 6.27. The van der Waals surface area contributed by atoms with E-state index in [2.05, 4.69) is 41.1 Å². The van der Waals surface area contributed by atoms with Gasteiger partial charge in [-0.25, -0.2) is 0 Å². The highest BCUT2D eigenvalue weighted by molar-refractivity contribution is 6.02. The van der Waals surface area contributed by atoms with Crippen LogP contribution in [0.1, 0.15) is 64.2 Å². The van der Waals surface area contributed by atoms with Gasteiger partial charge in [-0.2, -0.15) is 4.98 Å². The van der Waals surface area contributed by atoms with Crippen molar-refractivity contribution in [1.29, 1.82) is 0 Å². The van der Waals surface area contributed by atoms with E-state index in [4.69, 9.17) is 4.52 Å². The van der Waals surface area contributed by atoms with E-state index in [0.29, 0.717) is 24.0 Å². The molecule has 0 aliphatic carbocycles. The van der Waals surface area contributed by atoms with Gasteiger partial charge in [0.1, 0.15) is 11.7 Å². The Balaban J connectivity index is 1.76. The van der Waals surface area contributed by atoms with Crippen LogP contribution in [0.15, 0.2) is 16.7 Å². The molecule has 1 saturated heterocycles. The van der Waals surface area contributed by atoms with E-state index in [1.54, 1.807) is 6.92 Å². The van der Waals surface area contributed by atoms with Crippen LogP contribution < -0.4 is 0 Å². The molecular weight excluding hydrogens is 328 g/mol. The van der Waals surface area contributed by atoms with Gasteiger partial charge in [0.15, 0.2) is 5.82 Å². The molecule has 1 aliphatic heterocycles. The fraction of sp³-hybridized carbons (Fsp3) is 0.450. The number of likely N-dealkylation sites (tertiary alicyclic amines) is 1. The number of hydrogen-bond acceptors (Lipinski definition) is 4. The van der Waals surface area contributed by atoms with E-state index in [1.807, 2.05) is 11.8 Å². The Morgan fingerprint density at radius 3 is 2.65 bits per heavy atom. The maximum absolute atomic E-state index is 13.4. The molecule has 6 nitrogen and oxygen atoms in total. The number of carbonyl (C=O) groups is 1. The number of benzene rings is 1. The van der Waals surface area contributed by atoms with Gasteiger partial charge in [-0.1, -0.05) is 17.3 Å². The molecule has 1 aliphatic rings. The first kappa shape index (κ1) is 16.8. The number of aromatic amines is 1. The van der Waals surface area contributed by atoms with Crippen molar-refractivity contribution in [1.82, 2.24) is 20.0 Å². The lowest BCUT2D eigenvalue weighted by atomic mass is 10.00. The highest BCUT2D eigenvalue weighted by Gasteiger charge is 2.34. The molecular formula is C20H24N4O2. The van der Waals surface area contributed by atoms with Gasteiger partial charge in [0.05, 0.1) is 0 Å². The Morgan fingerprint density at radius 2 is 1.96 bits per heavy atom. The predicted octanol–water partition coefficient (Wildman–Crippen LogP) is 4.15. The molecule has 0 bridgehead atoms. The third-order valence-corrected chi connectivity index (χ3v) is 5.43. The first-order chi connectivity index (χ1) is 12.5. The van der Waals surface area contributed by atoms with Crippen LogP contribution in [0.4, 0.5) is 0 Å². The van der Waals surface area contributed by atoms with Crippen molar-refractivity contribution in [3.05, 3.63) is 46.2 Å². The minimum absolute atomic E-state index is 0.0121. The van der Waals surface area contributed by atoms with Crippen LogP contribution in [0.25, 0.3) is 10.9 Å². The molecule has 1 amide bonds. The number of nitrogens with one attached hydrogen (secondary N) is 1. The highest BCUT2D eigenvalue weighted by atomic mass is 16.5. The first-order valence-electron chi connectivity index (χ1n) is 9.17. The minimum atomic E-state index is -0.148. The van der Waals surface area contributed by atoms with Crippen LogP contribution in [0.5, 0.6) is 0 Å². The number of aryl methyl sites for hydroxylation is 4. The lowest BCUT2D eigenvalue weighted by Gasteiger charge is -2.33. The van der Waals surface area contributed by atoms with E-state index >= 15 is 0 Å². The number of piperidine rings is 1. The van der Waals surface area contributed by atoms with Crippen LogP contribution in [0.3, 0.4) is 0 Å². The largest absolute Gasteiger partial charge is 0.350 e. The van der Waals surface area contributed by atoms with E-state index in [1.165, 1.54) is 5.56 Å². The number of amides is 1. The zero-order chi connectivity index (χ0) is 18.4. The zero-order valence-electron chi connectivity index (χ0n) is 15.7. The van der Waals surface area contributed by atoms with Crippen molar-refractivity contribution >= 4 is 16.8 Å². The molecule has 0 saturated carbocycles. The summed E-state index contributed by atoms with van der Waals surface area (Å²) in [7, 11) is 0. The number of nitrogens with zero attached hydrogens (tertiary/aromatic N) is 3. The van der Waals surface area contributed by atoms with Gasteiger partial charge in [-0.3, -0.25) is 4.79 Å². The third-order valence-electron chi connectivity index (χ3n) is 5.43. The van der Waals surface area contributed by atoms with E-state index < -0.39 is 0 Å². The zero-order valence-corrected chi connectivity index (χ0v) is 15.7. The van der Waals surface area contributed by atoms with Crippen molar-refractivity contribution in [2.45, 2.75) is 53.0 Å². The smallest absolute Gasteiger partial charge is 0.271 e. The molecule has 2 aromatic heterocycles. The van der Waals surface area contributed by atoms with Gasteiger partial charge in [-0.15, -0.1) is 0 Å². The van der Waals surface area contributed by atoms with Crippen molar-refractivity contribution in [2.24, 2.45) is 0 Å². The molecule has 1 unspecified atom stereocenters. The predicted molar refractivity (Wildman–Crippen MR) is 99.2 cm³/mol. The van der Waals surface area contributed by atoms with Gasteiger partial charge in [-0.05, 0) is 63.6 Å². The Labute approximate surface area is 152 Å². The molecule has 1 N–H and O–H groups in total. The average molecular weight is 352 g/mol. The quantitative estimate of drug-likeness (QED) is 0.752.